The summed E-state index contributed by atoms with van der Waals surface area (Å²) in [7, 11) is 0. The molecular formula is C16H20N2O2S. The van der Waals surface area contributed by atoms with Crippen molar-refractivity contribution >= 4 is 23.6 Å². The van der Waals surface area contributed by atoms with Crippen LogP contribution in [0.25, 0.3) is 0 Å². The second-order valence-electron chi connectivity index (χ2n) is 5.55. The Morgan fingerprint density at radius 2 is 2.05 bits per heavy atom. The minimum atomic E-state index is -0.481. The Morgan fingerprint density at radius 3 is 2.67 bits per heavy atom. The zero-order valence-corrected chi connectivity index (χ0v) is 12.9. The van der Waals surface area contributed by atoms with Crippen LogP contribution in [-0.4, -0.2) is 40.3 Å². The van der Waals surface area contributed by atoms with Crippen molar-refractivity contribution in [3.05, 3.63) is 35.9 Å². The maximum Gasteiger partial charge on any atom is 0.248 e. The van der Waals surface area contributed by atoms with E-state index in [0.29, 0.717) is 6.42 Å². The summed E-state index contributed by atoms with van der Waals surface area (Å²) in [5.41, 5.74) is 0.898. The summed E-state index contributed by atoms with van der Waals surface area (Å²) in [6, 6.07) is 8.94. The Bertz CT molecular complexity index is 528. The molecule has 2 fully saturated rings. The third kappa shape index (κ3) is 2.67. The Labute approximate surface area is 129 Å². The Morgan fingerprint density at radius 1 is 1.29 bits per heavy atom. The molecule has 21 heavy (non-hydrogen) atoms. The van der Waals surface area contributed by atoms with Gasteiger partial charge in [0.25, 0.3) is 0 Å². The predicted octanol–water partition coefficient (Wildman–Crippen LogP) is 1.97. The average Bonchev–Trinajstić information content (AvgIpc) is 3.03. The standard InChI is InChI=1S/C16H20N2O2S/c1-2-13-16(20)18(12-8-9-21-10-12)14(15(19)17-13)11-6-4-3-5-7-11/h3-7,12-14H,2,8-10H2,1H3,(H,17,19). The van der Waals surface area contributed by atoms with Gasteiger partial charge < -0.3 is 10.2 Å². The van der Waals surface area contributed by atoms with Crippen molar-refractivity contribution in [1.82, 2.24) is 10.2 Å². The molecule has 2 amide bonds. The van der Waals surface area contributed by atoms with Gasteiger partial charge in [-0.25, -0.2) is 0 Å². The van der Waals surface area contributed by atoms with Gasteiger partial charge in [0.15, 0.2) is 0 Å². The van der Waals surface area contributed by atoms with Gasteiger partial charge in [0.05, 0.1) is 0 Å². The Balaban J connectivity index is 1.97. The summed E-state index contributed by atoms with van der Waals surface area (Å²) >= 11 is 1.86. The summed E-state index contributed by atoms with van der Waals surface area (Å²) in [5, 5.41) is 2.88. The number of nitrogens with zero attached hydrogens (tertiary/aromatic N) is 1. The number of nitrogens with one attached hydrogen (secondary N) is 1. The molecule has 2 aliphatic rings. The number of carbonyl (C=O) groups is 2. The first-order chi connectivity index (χ1) is 10.2. The molecule has 3 unspecified atom stereocenters. The largest absolute Gasteiger partial charge is 0.342 e. The van der Waals surface area contributed by atoms with Gasteiger partial charge in [-0.15, -0.1) is 0 Å². The van der Waals surface area contributed by atoms with Gasteiger partial charge in [-0.2, -0.15) is 11.8 Å². The number of rotatable bonds is 3. The number of thioether (sulfide) groups is 1. The molecule has 112 valence electrons. The molecular weight excluding hydrogens is 284 g/mol. The van der Waals surface area contributed by atoms with Crippen molar-refractivity contribution in [3.8, 4) is 0 Å². The fraction of sp³-hybridized carbons (Fsp3) is 0.500. The molecule has 0 aliphatic carbocycles. The van der Waals surface area contributed by atoms with Gasteiger partial charge in [-0.3, -0.25) is 9.59 Å². The zero-order valence-electron chi connectivity index (χ0n) is 12.1. The van der Waals surface area contributed by atoms with Crippen LogP contribution < -0.4 is 5.32 Å². The molecule has 5 heteroatoms. The van der Waals surface area contributed by atoms with Crippen molar-refractivity contribution in [2.45, 2.75) is 37.9 Å². The third-order valence-electron chi connectivity index (χ3n) is 4.22. The summed E-state index contributed by atoms with van der Waals surface area (Å²) in [5.74, 6) is 2.01. The molecule has 0 saturated carbocycles. The first-order valence-electron chi connectivity index (χ1n) is 7.47. The lowest BCUT2D eigenvalue weighted by atomic mass is 9.96. The number of hydrogen-bond donors (Lipinski definition) is 1. The smallest absolute Gasteiger partial charge is 0.248 e. The minimum Gasteiger partial charge on any atom is -0.342 e. The highest BCUT2D eigenvalue weighted by Crippen LogP contribution is 2.33. The molecule has 0 radical (unpaired) electrons. The van der Waals surface area contributed by atoms with E-state index in [-0.39, 0.29) is 23.9 Å². The predicted molar refractivity (Wildman–Crippen MR) is 84.0 cm³/mol. The van der Waals surface area contributed by atoms with Crippen LogP contribution in [-0.2, 0) is 9.59 Å². The first kappa shape index (κ1) is 14.4. The van der Waals surface area contributed by atoms with E-state index in [1.54, 1.807) is 0 Å². The van der Waals surface area contributed by atoms with Crippen molar-refractivity contribution in [2.24, 2.45) is 0 Å². The molecule has 4 nitrogen and oxygen atoms in total. The van der Waals surface area contributed by atoms with Crippen LogP contribution in [0.2, 0.25) is 0 Å². The SMILES string of the molecule is CCC1NC(=O)C(c2ccccc2)N(C2CCSC2)C1=O. The molecule has 0 aromatic heterocycles. The highest BCUT2D eigenvalue weighted by Gasteiger charge is 2.44. The van der Waals surface area contributed by atoms with Crippen molar-refractivity contribution in [3.63, 3.8) is 0 Å². The van der Waals surface area contributed by atoms with E-state index < -0.39 is 6.04 Å². The fourth-order valence-electron chi connectivity index (χ4n) is 3.10. The molecule has 1 N–H and O–H groups in total. The molecule has 2 heterocycles. The molecule has 2 aliphatic heterocycles. The van der Waals surface area contributed by atoms with Crippen LogP contribution >= 0.6 is 11.8 Å². The van der Waals surface area contributed by atoms with E-state index in [4.69, 9.17) is 0 Å². The lowest BCUT2D eigenvalue weighted by Crippen LogP contribution is -2.61. The van der Waals surface area contributed by atoms with E-state index in [1.165, 1.54) is 0 Å². The van der Waals surface area contributed by atoms with E-state index >= 15 is 0 Å². The molecule has 0 bridgehead atoms. The van der Waals surface area contributed by atoms with Crippen LogP contribution in [0.15, 0.2) is 30.3 Å². The number of carbonyl (C=O) groups excluding carboxylic acids is 2. The first-order valence-corrected chi connectivity index (χ1v) is 8.63. The van der Waals surface area contributed by atoms with Crippen molar-refractivity contribution in [2.75, 3.05) is 11.5 Å². The van der Waals surface area contributed by atoms with Crippen LogP contribution in [0.3, 0.4) is 0 Å². The van der Waals surface area contributed by atoms with Gasteiger partial charge in [-0.05, 0) is 24.2 Å². The highest BCUT2D eigenvalue weighted by atomic mass is 32.2. The average molecular weight is 304 g/mol. The van der Waals surface area contributed by atoms with Crippen molar-refractivity contribution in [1.29, 1.82) is 0 Å². The van der Waals surface area contributed by atoms with E-state index in [2.05, 4.69) is 5.32 Å². The number of benzene rings is 1. The monoisotopic (exact) mass is 304 g/mol. The van der Waals surface area contributed by atoms with E-state index in [9.17, 15) is 9.59 Å². The zero-order chi connectivity index (χ0) is 14.8. The fourth-order valence-corrected chi connectivity index (χ4v) is 4.31. The van der Waals surface area contributed by atoms with Gasteiger partial charge in [0, 0.05) is 11.8 Å². The van der Waals surface area contributed by atoms with Crippen LogP contribution in [0.1, 0.15) is 31.4 Å². The van der Waals surface area contributed by atoms with Gasteiger partial charge in [0.1, 0.15) is 12.1 Å². The van der Waals surface area contributed by atoms with Crippen LogP contribution in [0, 0.1) is 0 Å². The number of amides is 2. The van der Waals surface area contributed by atoms with Gasteiger partial charge in [-0.1, -0.05) is 37.3 Å². The maximum atomic E-state index is 12.8. The second kappa shape index (κ2) is 6.10. The quantitative estimate of drug-likeness (QED) is 0.929. The van der Waals surface area contributed by atoms with E-state index in [1.807, 2.05) is 53.9 Å². The minimum absolute atomic E-state index is 0.0513. The third-order valence-corrected chi connectivity index (χ3v) is 5.36. The van der Waals surface area contributed by atoms with E-state index in [0.717, 1.165) is 23.5 Å². The normalized spacial score (nSPS) is 29.6. The lowest BCUT2D eigenvalue weighted by Gasteiger charge is -2.42. The summed E-state index contributed by atoms with van der Waals surface area (Å²) in [6.45, 7) is 1.94. The maximum absolute atomic E-state index is 12.8. The second-order valence-corrected chi connectivity index (χ2v) is 6.70. The summed E-state index contributed by atoms with van der Waals surface area (Å²) in [4.78, 5) is 27.2. The highest BCUT2D eigenvalue weighted by molar-refractivity contribution is 7.99. The number of piperazine rings is 1. The lowest BCUT2D eigenvalue weighted by molar-refractivity contribution is -0.152. The molecule has 2 saturated heterocycles. The van der Waals surface area contributed by atoms with Gasteiger partial charge >= 0.3 is 0 Å². The Kier molecular flexibility index (Phi) is 4.19. The van der Waals surface area contributed by atoms with Crippen LogP contribution in [0.4, 0.5) is 0 Å². The molecule has 3 atom stereocenters. The Hall–Kier alpha value is -1.49. The molecule has 3 rings (SSSR count). The molecule has 0 spiro atoms. The van der Waals surface area contributed by atoms with Crippen molar-refractivity contribution < 1.29 is 9.59 Å². The summed E-state index contributed by atoms with van der Waals surface area (Å²) < 4.78 is 0. The molecule has 1 aromatic carbocycles. The van der Waals surface area contributed by atoms with Crippen LogP contribution in [0.5, 0.6) is 0 Å². The number of hydrogen-bond acceptors (Lipinski definition) is 3. The van der Waals surface area contributed by atoms with Gasteiger partial charge in [0.2, 0.25) is 11.8 Å². The topological polar surface area (TPSA) is 49.4 Å². The molecule has 1 aromatic rings. The summed E-state index contributed by atoms with van der Waals surface area (Å²) in [6.07, 6.45) is 1.62.